The van der Waals surface area contributed by atoms with E-state index in [0.717, 1.165) is 30.3 Å². The Morgan fingerprint density at radius 3 is 2.15 bits per heavy atom. The molecular weight excluding hydrogens is 270 g/mol. The summed E-state index contributed by atoms with van der Waals surface area (Å²) in [6.45, 7) is 2.17. The Morgan fingerprint density at radius 2 is 1.50 bits per heavy atom. The molecule has 0 amide bonds. The van der Waals surface area contributed by atoms with E-state index >= 15 is 0 Å². The average Bonchev–Trinajstić information content (AvgIpc) is 2.40. The first-order valence-corrected chi connectivity index (χ1v) is 6.16. The molecule has 0 fully saturated rings. The summed E-state index contributed by atoms with van der Waals surface area (Å²) in [4.78, 5) is 0. The molecule has 0 saturated heterocycles. The smallest absolute Gasteiger partial charge is 0.131 e. The van der Waals surface area contributed by atoms with Crippen LogP contribution in [-0.2, 0) is 0 Å². The van der Waals surface area contributed by atoms with Crippen LogP contribution in [0, 0.1) is 23.3 Å². The van der Waals surface area contributed by atoms with Crippen LogP contribution >= 0.6 is 0 Å². The minimum Gasteiger partial charge on any atom is -0.306 e. The first-order valence-electron chi connectivity index (χ1n) is 6.16. The molecule has 0 heterocycles. The molecule has 2 aromatic rings. The van der Waals surface area contributed by atoms with E-state index in [9.17, 15) is 17.6 Å². The number of hydrogen-bond acceptors (Lipinski definition) is 1. The second-order valence-corrected chi connectivity index (χ2v) is 4.32. The van der Waals surface area contributed by atoms with E-state index in [1.54, 1.807) is 6.92 Å². The molecule has 1 unspecified atom stereocenters. The van der Waals surface area contributed by atoms with Gasteiger partial charge in [-0.25, -0.2) is 17.6 Å². The molecule has 1 nitrogen and oxygen atoms in total. The van der Waals surface area contributed by atoms with Gasteiger partial charge in [0.15, 0.2) is 0 Å². The van der Waals surface area contributed by atoms with E-state index in [1.807, 2.05) is 0 Å². The van der Waals surface area contributed by atoms with E-state index in [1.165, 1.54) is 6.07 Å². The molecule has 0 aliphatic heterocycles. The summed E-state index contributed by atoms with van der Waals surface area (Å²) in [5.74, 6) is -2.80. The Morgan fingerprint density at radius 1 is 0.850 bits per heavy atom. The predicted molar refractivity (Wildman–Crippen MR) is 68.2 cm³/mol. The quantitative estimate of drug-likeness (QED) is 0.838. The minimum absolute atomic E-state index is 0.0163. The first kappa shape index (κ1) is 14.5. The zero-order chi connectivity index (χ0) is 14.7. The van der Waals surface area contributed by atoms with E-state index in [2.05, 4.69) is 5.32 Å². The summed E-state index contributed by atoms with van der Waals surface area (Å²) in [6.07, 6.45) is 0. The normalized spacial score (nSPS) is 12.4. The van der Waals surface area contributed by atoms with Gasteiger partial charge >= 0.3 is 0 Å². The SMILES string of the molecule is CCNC(c1ccc(F)cc1F)c1cc(F)ccc1F. The monoisotopic (exact) mass is 283 g/mol. The Bertz CT molecular complexity index is 613. The lowest BCUT2D eigenvalue weighted by molar-refractivity contribution is 0.515. The molecule has 0 aliphatic carbocycles. The largest absolute Gasteiger partial charge is 0.306 e. The number of rotatable bonds is 4. The van der Waals surface area contributed by atoms with Crippen molar-refractivity contribution in [3.8, 4) is 0 Å². The third kappa shape index (κ3) is 2.99. The van der Waals surface area contributed by atoms with Crippen LogP contribution in [0.3, 0.4) is 0 Å². The van der Waals surface area contributed by atoms with E-state index in [4.69, 9.17) is 0 Å². The maximum Gasteiger partial charge on any atom is 0.131 e. The van der Waals surface area contributed by atoms with Crippen LogP contribution in [0.4, 0.5) is 17.6 Å². The Kier molecular flexibility index (Phi) is 4.39. The molecule has 0 aromatic heterocycles. The van der Waals surface area contributed by atoms with Gasteiger partial charge in [-0.1, -0.05) is 13.0 Å². The van der Waals surface area contributed by atoms with Crippen molar-refractivity contribution in [2.75, 3.05) is 6.54 Å². The molecule has 2 aromatic carbocycles. The Hall–Kier alpha value is -1.88. The van der Waals surface area contributed by atoms with Gasteiger partial charge in [0, 0.05) is 17.2 Å². The highest BCUT2D eigenvalue weighted by atomic mass is 19.1. The van der Waals surface area contributed by atoms with Gasteiger partial charge < -0.3 is 5.32 Å². The van der Waals surface area contributed by atoms with Crippen molar-refractivity contribution in [2.24, 2.45) is 0 Å². The van der Waals surface area contributed by atoms with Gasteiger partial charge in [0.1, 0.15) is 23.3 Å². The number of nitrogens with one attached hydrogen (secondary N) is 1. The van der Waals surface area contributed by atoms with Gasteiger partial charge in [0.05, 0.1) is 6.04 Å². The lowest BCUT2D eigenvalue weighted by Gasteiger charge is -2.20. The number of halogens is 4. The fraction of sp³-hybridized carbons (Fsp3) is 0.200. The van der Waals surface area contributed by atoms with Crippen molar-refractivity contribution in [1.82, 2.24) is 5.32 Å². The zero-order valence-electron chi connectivity index (χ0n) is 10.8. The van der Waals surface area contributed by atoms with Crippen LogP contribution < -0.4 is 5.32 Å². The molecule has 0 spiro atoms. The summed E-state index contributed by atoms with van der Waals surface area (Å²) < 4.78 is 53.9. The van der Waals surface area contributed by atoms with Crippen molar-refractivity contribution >= 4 is 0 Å². The van der Waals surface area contributed by atoms with Crippen LogP contribution in [-0.4, -0.2) is 6.54 Å². The van der Waals surface area contributed by atoms with Crippen LogP contribution in [0.25, 0.3) is 0 Å². The van der Waals surface area contributed by atoms with Crippen LogP contribution in [0.2, 0.25) is 0 Å². The lowest BCUT2D eigenvalue weighted by Crippen LogP contribution is -2.24. The molecular formula is C15H13F4N. The molecule has 106 valence electrons. The van der Waals surface area contributed by atoms with Crippen molar-refractivity contribution in [3.05, 3.63) is 70.8 Å². The highest BCUT2D eigenvalue weighted by Crippen LogP contribution is 2.27. The Balaban J connectivity index is 2.53. The predicted octanol–water partition coefficient (Wildman–Crippen LogP) is 3.94. The highest BCUT2D eigenvalue weighted by Gasteiger charge is 2.21. The summed E-state index contributed by atoms with van der Waals surface area (Å²) >= 11 is 0. The van der Waals surface area contributed by atoms with Gasteiger partial charge in [-0.05, 0) is 30.8 Å². The summed E-state index contributed by atoms with van der Waals surface area (Å²) in [7, 11) is 0. The van der Waals surface area contributed by atoms with Gasteiger partial charge in [0.25, 0.3) is 0 Å². The maximum atomic E-state index is 13.8. The zero-order valence-corrected chi connectivity index (χ0v) is 10.8. The first-order chi connectivity index (χ1) is 9.52. The van der Waals surface area contributed by atoms with Crippen molar-refractivity contribution in [1.29, 1.82) is 0 Å². The fourth-order valence-corrected chi connectivity index (χ4v) is 2.06. The maximum absolute atomic E-state index is 13.8. The molecule has 20 heavy (non-hydrogen) atoms. The second-order valence-electron chi connectivity index (χ2n) is 4.32. The van der Waals surface area contributed by atoms with E-state index in [-0.39, 0.29) is 11.1 Å². The molecule has 0 saturated carbocycles. The van der Waals surface area contributed by atoms with Crippen LogP contribution in [0.1, 0.15) is 24.1 Å². The lowest BCUT2D eigenvalue weighted by atomic mass is 9.97. The number of hydrogen-bond donors (Lipinski definition) is 1. The summed E-state index contributed by atoms with van der Waals surface area (Å²) in [5, 5.41) is 2.87. The molecule has 5 heteroatoms. The third-order valence-electron chi connectivity index (χ3n) is 2.95. The minimum atomic E-state index is -0.878. The van der Waals surface area contributed by atoms with Gasteiger partial charge in [-0.15, -0.1) is 0 Å². The molecule has 2 rings (SSSR count). The van der Waals surface area contributed by atoms with Crippen LogP contribution in [0.5, 0.6) is 0 Å². The highest BCUT2D eigenvalue weighted by molar-refractivity contribution is 5.34. The van der Waals surface area contributed by atoms with Gasteiger partial charge in [-0.2, -0.15) is 0 Å². The van der Waals surface area contributed by atoms with E-state index < -0.39 is 29.3 Å². The molecule has 1 atom stereocenters. The van der Waals surface area contributed by atoms with Gasteiger partial charge in [-0.3, -0.25) is 0 Å². The van der Waals surface area contributed by atoms with Crippen molar-refractivity contribution < 1.29 is 17.6 Å². The second kappa shape index (κ2) is 6.05. The summed E-state index contributed by atoms with van der Waals surface area (Å²) in [5.41, 5.74) is 0.0510. The molecule has 0 radical (unpaired) electrons. The van der Waals surface area contributed by atoms with E-state index in [0.29, 0.717) is 6.54 Å². The average molecular weight is 283 g/mol. The fourth-order valence-electron chi connectivity index (χ4n) is 2.06. The molecule has 0 aliphatic rings. The van der Waals surface area contributed by atoms with Crippen molar-refractivity contribution in [3.63, 3.8) is 0 Å². The number of benzene rings is 2. The standard InChI is InChI=1S/C15H13F4N/c1-2-20-15(11-5-3-10(17)8-14(11)19)12-7-9(16)4-6-13(12)18/h3-8,15,20H,2H2,1H3. The Labute approximate surface area is 114 Å². The van der Waals surface area contributed by atoms with Gasteiger partial charge in [0.2, 0.25) is 0 Å². The van der Waals surface area contributed by atoms with Crippen LogP contribution in [0.15, 0.2) is 36.4 Å². The van der Waals surface area contributed by atoms with Crippen molar-refractivity contribution in [2.45, 2.75) is 13.0 Å². The summed E-state index contributed by atoms with van der Waals surface area (Å²) in [6, 6.07) is 5.13. The molecule has 0 bridgehead atoms. The molecule has 1 N–H and O–H groups in total. The third-order valence-corrected chi connectivity index (χ3v) is 2.95. The topological polar surface area (TPSA) is 12.0 Å².